The topological polar surface area (TPSA) is 30.7 Å². The van der Waals surface area contributed by atoms with Gasteiger partial charge < -0.3 is 0 Å². The third-order valence-electron chi connectivity index (χ3n) is 2.98. The van der Waals surface area contributed by atoms with Crippen LogP contribution in [-0.4, -0.2) is 14.8 Å². The lowest BCUT2D eigenvalue weighted by Gasteiger charge is -2.01. The highest BCUT2D eigenvalue weighted by Crippen LogP contribution is 2.25. The number of pyridine rings is 1. The van der Waals surface area contributed by atoms with Gasteiger partial charge in [0.25, 0.3) is 0 Å². The van der Waals surface area contributed by atoms with Crippen LogP contribution in [0.4, 0.5) is 0 Å². The molecule has 0 N–H and O–H groups in total. The average molecular weight is 258 g/mol. The fourth-order valence-corrected chi connectivity index (χ4v) is 2.15. The second kappa shape index (κ2) is 4.42. The molecule has 0 spiro atoms. The maximum Gasteiger partial charge on any atom is 0.129 e. The molecule has 0 amide bonds. The lowest BCUT2D eigenvalue weighted by atomic mass is 10.1. The minimum Gasteiger partial charge on any atom is -0.272 e. The van der Waals surface area contributed by atoms with Crippen LogP contribution >= 0.6 is 11.6 Å². The van der Waals surface area contributed by atoms with Gasteiger partial charge in [-0.25, -0.2) is 4.98 Å². The summed E-state index contributed by atoms with van der Waals surface area (Å²) in [4.78, 5) is 4.08. The molecule has 1 aromatic carbocycles. The molecule has 0 aliphatic heterocycles. The summed E-state index contributed by atoms with van der Waals surface area (Å²) in [6.45, 7) is 2.95. The Kier molecular flexibility index (Phi) is 2.76. The number of fused-ring (bicyclic) bond motifs is 1. The summed E-state index contributed by atoms with van der Waals surface area (Å²) in [6.07, 6.45) is 5.72. The summed E-state index contributed by atoms with van der Waals surface area (Å²) in [5, 5.41) is 6.99. The molecule has 0 atom stereocenters. The number of rotatable bonds is 2. The van der Waals surface area contributed by atoms with E-state index < -0.39 is 0 Å². The van der Waals surface area contributed by atoms with Gasteiger partial charge in [0.2, 0.25) is 0 Å². The Bertz CT molecular complexity index is 703. The minimum absolute atomic E-state index is 0.518. The molecule has 0 radical (unpaired) electrons. The van der Waals surface area contributed by atoms with Crippen molar-refractivity contribution in [3.63, 3.8) is 0 Å². The van der Waals surface area contributed by atoms with Gasteiger partial charge in [-0.05, 0) is 30.0 Å². The van der Waals surface area contributed by atoms with Crippen LogP contribution in [-0.2, 0) is 6.54 Å². The Balaban J connectivity index is 2.12. The van der Waals surface area contributed by atoms with Crippen molar-refractivity contribution in [2.75, 3.05) is 0 Å². The SMILES string of the molecule is CCn1cc(-c2ccc3cnc(Cl)cc3c2)cn1. The van der Waals surface area contributed by atoms with E-state index in [9.17, 15) is 0 Å². The quantitative estimate of drug-likeness (QED) is 0.654. The first-order chi connectivity index (χ1) is 8.76. The summed E-state index contributed by atoms with van der Waals surface area (Å²) in [5.41, 5.74) is 2.26. The molecular weight excluding hydrogens is 246 g/mol. The Hall–Kier alpha value is -1.87. The van der Waals surface area contributed by atoms with E-state index >= 15 is 0 Å². The van der Waals surface area contributed by atoms with Crippen LogP contribution in [0.3, 0.4) is 0 Å². The molecule has 3 rings (SSSR count). The summed E-state index contributed by atoms with van der Waals surface area (Å²) >= 11 is 5.92. The molecule has 0 bridgehead atoms. The van der Waals surface area contributed by atoms with E-state index in [1.165, 1.54) is 0 Å². The lowest BCUT2D eigenvalue weighted by molar-refractivity contribution is 0.660. The Morgan fingerprint density at radius 3 is 2.78 bits per heavy atom. The number of halogens is 1. The molecule has 0 aliphatic rings. The van der Waals surface area contributed by atoms with Crippen molar-refractivity contribution >= 4 is 22.4 Å². The smallest absolute Gasteiger partial charge is 0.129 e. The van der Waals surface area contributed by atoms with Crippen molar-refractivity contribution in [1.82, 2.24) is 14.8 Å². The van der Waals surface area contributed by atoms with Crippen LogP contribution in [0.1, 0.15) is 6.92 Å². The zero-order valence-corrected chi connectivity index (χ0v) is 10.7. The Labute approximate surface area is 110 Å². The molecule has 0 unspecified atom stereocenters. The first-order valence-corrected chi connectivity index (χ1v) is 6.22. The fraction of sp³-hybridized carbons (Fsp3) is 0.143. The van der Waals surface area contributed by atoms with E-state index in [2.05, 4.69) is 35.2 Å². The molecule has 90 valence electrons. The number of aromatic nitrogens is 3. The molecule has 0 aliphatic carbocycles. The van der Waals surface area contributed by atoms with Crippen molar-refractivity contribution in [3.8, 4) is 11.1 Å². The van der Waals surface area contributed by atoms with Crippen LogP contribution < -0.4 is 0 Å². The van der Waals surface area contributed by atoms with Gasteiger partial charge in [-0.2, -0.15) is 5.10 Å². The van der Waals surface area contributed by atoms with Crippen molar-refractivity contribution in [3.05, 3.63) is 48.0 Å². The van der Waals surface area contributed by atoms with Gasteiger partial charge in [0, 0.05) is 29.9 Å². The van der Waals surface area contributed by atoms with Gasteiger partial charge in [0.05, 0.1) is 6.20 Å². The normalized spacial score (nSPS) is 11.0. The average Bonchev–Trinajstić information content (AvgIpc) is 2.86. The first kappa shape index (κ1) is 11.2. The van der Waals surface area contributed by atoms with Crippen LogP contribution in [0.5, 0.6) is 0 Å². The standard InChI is InChI=1S/C14H12ClN3/c1-2-18-9-13(8-17-18)10-3-4-11-7-16-14(15)6-12(11)5-10/h3-9H,2H2,1H3. The van der Waals surface area contributed by atoms with Gasteiger partial charge >= 0.3 is 0 Å². The van der Waals surface area contributed by atoms with E-state index in [0.29, 0.717) is 5.15 Å². The van der Waals surface area contributed by atoms with E-state index in [4.69, 9.17) is 11.6 Å². The zero-order valence-electron chi connectivity index (χ0n) is 9.97. The molecular formula is C14H12ClN3. The van der Waals surface area contributed by atoms with Gasteiger partial charge in [-0.1, -0.05) is 23.7 Å². The molecule has 0 saturated heterocycles. The highest BCUT2D eigenvalue weighted by Gasteiger charge is 2.03. The van der Waals surface area contributed by atoms with Gasteiger partial charge in [-0.3, -0.25) is 4.68 Å². The van der Waals surface area contributed by atoms with Crippen LogP contribution in [0.2, 0.25) is 5.15 Å². The number of nitrogens with zero attached hydrogens (tertiary/aromatic N) is 3. The predicted octanol–water partition coefficient (Wildman–Crippen LogP) is 3.77. The molecule has 0 saturated carbocycles. The van der Waals surface area contributed by atoms with Crippen molar-refractivity contribution in [1.29, 1.82) is 0 Å². The van der Waals surface area contributed by atoms with Gasteiger partial charge in [0.15, 0.2) is 0 Å². The number of hydrogen-bond acceptors (Lipinski definition) is 2. The number of benzene rings is 1. The van der Waals surface area contributed by atoms with Crippen LogP contribution in [0.25, 0.3) is 21.9 Å². The van der Waals surface area contributed by atoms with Crippen molar-refractivity contribution < 1.29 is 0 Å². The molecule has 3 aromatic rings. The second-order valence-corrected chi connectivity index (χ2v) is 4.54. The summed E-state index contributed by atoms with van der Waals surface area (Å²) in [7, 11) is 0. The predicted molar refractivity (Wildman–Crippen MR) is 73.6 cm³/mol. The maximum atomic E-state index is 5.92. The van der Waals surface area contributed by atoms with E-state index in [1.54, 1.807) is 6.20 Å². The highest BCUT2D eigenvalue weighted by molar-refractivity contribution is 6.30. The largest absolute Gasteiger partial charge is 0.272 e. The molecule has 3 nitrogen and oxygen atoms in total. The summed E-state index contributed by atoms with van der Waals surface area (Å²) in [6, 6.07) is 8.12. The molecule has 18 heavy (non-hydrogen) atoms. The van der Waals surface area contributed by atoms with E-state index in [-0.39, 0.29) is 0 Å². The highest BCUT2D eigenvalue weighted by atomic mass is 35.5. The molecule has 0 fully saturated rings. The van der Waals surface area contributed by atoms with Crippen LogP contribution in [0.15, 0.2) is 42.9 Å². The molecule has 4 heteroatoms. The monoisotopic (exact) mass is 257 g/mol. The number of hydrogen-bond donors (Lipinski definition) is 0. The Morgan fingerprint density at radius 1 is 1.11 bits per heavy atom. The summed E-state index contributed by atoms with van der Waals surface area (Å²) in [5.74, 6) is 0. The third-order valence-corrected chi connectivity index (χ3v) is 3.19. The fourth-order valence-electron chi connectivity index (χ4n) is 1.98. The lowest BCUT2D eigenvalue weighted by Crippen LogP contribution is -1.91. The van der Waals surface area contributed by atoms with E-state index in [0.717, 1.165) is 28.4 Å². The molecule has 2 heterocycles. The summed E-state index contributed by atoms with van der Waals surface area (Å²) < 4.78 is 1.92. The first-order valence-electron chi connectivity index (χ1n) is 5.84. The number of aryl methyl sites for hydroxylation is 1. The third kappa shape index (κ3) is 1.97. The van der Waals surface area contributed by atoms with Gasteiger partial charge in [0.1, 0.15) is 5.15 Å². The molecule has 2 aromatic heterocycles. The second-order valence-electron chi connectivity index (χ2n) is 4.15. The maximum absolute atomic E-state index is 5.92. The van der Waals surface area contributed by atoms with Crippen molar-refractivity contribution in [2.45, 2.75) is 13.5 Å². The zero-order chi connectivity index (χ0) is 12.5. The van der Waals surface area contributed by atoms with Crippen LogP contribution in [0, 0.1) is 0 Å². The van der Waals surface area contributed by atoms with E-state index in [1.807, 2.05) is 23.1 Å². The Morgan fingerprint density at radius 2 is 2.00 bits per heavy atom. The minimum atomic E-state index is 0.518. The van der Waals surface area contributed by atoms with Crippen molar-refractivity contribution in [2.24, 2.45) is 0 Å². The van der Waals surface area contributed by atoms with Gasteiger partial charge in [-0.15, -0.1) is 0 Å².